The van der Waals surface area contributed by atoms with Gasteiger partial charge in [-0.2, -0.15) is 0 Å². The minimum Gasteiger partial charge on any atom is -0.358 e. The van der Waals surface area contributed by atoms with Gasteiger partial charge in [0.25, 0.3) is 5.91 Å². The molecule has 0 aliphatic carbocycles. The third-order valence-electron chi connectivity index (χ3n) is 5.25. The summed E-state index contributed by atoms with van der Waals surface area (Å²) in [6, 6.07) is 2.75. The highest BCUT2D eigenvalue weighted by Crippen LogP contribution is 2.21. The summed E-state index contributed by atoms with van der Waals surface area (Å²) in [4.78, 5) is 37.0. The summed E-state index contributed by atoms with van der Waals surface area (Å²) in [6.07, 6.45) is 3.70. The number of rotatable bonds is 5. The monoisotopic (exact) mass is 363 g/mol. The lowest BCUT2D eigenvalue weighted by atomic mass is 9.97. The number of piperidine rings is 1. The van der Waals surface area contributed by atoms with E-state index in [0.29, 0.717) is 25.3 Å². The van der Waals surface area contributed by atoms with Gasteiger partial charge < -0.3 is 25.6 Å². The van der Waals surface area contributed by atoms with E-state index in [-0.39, 0.29) is 29.6 Å². The Kier molecular flexibility index (Phi) is 5.55. The van der Waals surface area contributed by atoms with Crippen LogP contribution in [-0.4, -0.2) is 58.4 Å². The molecule has 0 radical (unpaired) electrons. The fourth-order valence-electron chi connectivity index (χ4n) is 3.75. The maximum absolute atomic E-state index is 12.7. The summed E-state index contributed by atoms with van der Waals surface area (Å²) in [5.41, 5.74) is 0.316. The maximum atomic E-state index is 12.7. The Bertz CT molecular complexity index is 695. The zero-order valence-corrected chi connectivity index (χ0v) is 14.9. The maximum Gasteiger partial charge on any atom is 0.323 e. The van der Waals surface area contributed by atoms with Crippen LogP contribution in [0.4, 0.5) is 5.82 Å². The van der Waals surface area contributed by atoms with E-state index in [1.165, 1.54) is 23.7 Å². The van der Waals surface area contributed by atoms with Gasteiger partial charge in [0.1, 0.15) is 0 Å². The molecule has 1 aromatic rings. The Morgan fingerprint density at radius 1 is 1.35 bits per heavy atom. The van der Waals surface area contributed by atoms with Gasteiger partial charge >= 0.3 is 5.82 Å². The molecule has 2 unspecified atom stereocenters. The van der Waals surface area contributed by atoms with Crippen molar-refractivity contribution < 1.29 is 14.5 Å². The molecule has 9 heteroatoms. The molecule has 2 atom stereocenters. The molecule has 2 saturated heterocycles. The van der Waals surface area contributed by atoms with E-state index in [4.69, 9.17) is 0 Å². The first kappa shape index (κ1) is 18.4. The van der Waals surface area contributed by atoms with Gasteiger partial charge in [-0.25, -0.2) is 4.57 Å². The van der Waals surface area contributed by atoms with Crippen LogP contribution in [0.5, 0.6) is 0 Å². The molecule has 2 aliphatic heterocycles. The molecule has 2 amide bonds. The highest BCUT2D eigenvalue weighted by atomic mass is 16.6. The predicted octanol–water partition coefficient (Wildman–Crippen LogP) is 0.654. The minimum atomic E-state index is -0.498. The Morgan fingerprint density at radius 3 is 2.81 bits per heavy atom. The minimum absolute atomic E-state index is 0.0315. The first-order valence-corrected chi connectivity index (χ1v) is 9.08. The molecule has 0 aromatic carbocycles. The van der Waals surface area contributed by atoms with Crippen LogP contribution in [0.3, 0.4) is 0 Å². The van der Waals surface area contributed by atoms with Crippen LogP contribution >= 0.6 is 0 Å². The molecule has 2 fully saturated rings. The molecule has 1 aromatic heterocycles. The Morgan fingerprint density at radius 2 is 2.15 bits per heavy atom. The first-order chi connectivity index (χ1) is 12.5. The summed E-state index contributed by atoms with van der Waals surface area (Å²) < 4.78 is 1.32. The molecule has 9 nitrogen and oxygen atoms in total. The van der Waals surface area contributed by atoms with Gasteiger partial charge in [-0.05, 0) is 49.1 Å². The SMILES string of the molecule is Cn1c(C(=O)N2CCCC(CNC(=O)C3CCCN3)C2)ccc1[N+](=O)[O-]. The second-order valence-electron chi connectivity index (χ2n) is 7.05. The van der Waals surface area contributed by atoms with Gasteiger partial charge in [0, 0.05) is 25.7 Å². The predicted molar refractivity (Wildman–Crippen MR) is 94.7 cm³/mol. The Hall–Kier alpha value is -2.42. The fraction of sp³-hybridized carbons (Fsp3) is 0.647. The van der Waals surface area contributed by atoms with Crippen molar-refractivity contribution in [1.29, 1.82) is 0 Å². The standard InChI is InChI=1S/C17H25N5O4/c1-20-14(6-7-15(20)22(25)26)17(24)21-9-3-4-12(11-21)10-19-16(23)13-5-2-8-18-13/h6-7,12-13,18H,2-5,8-11H2,1H3,(H,19,23). The third kappa shape index (κ3) is 3.87. The van der Waals surface area contributed by atoms with Crippen LogP contribution in [0.2, 0.25) is 0 Å². The van der Waals surface area contributed by atoms with E-state index in [1.54, 1.807) is 4.90 Å². The van der Waals surface area contributed by atoms with Crippen molar-refractivity contribution in [2.24, 2.45) is 13.0 Å². The van der Waals surface area contributed by atoms with Gasteiger partial charge in [0.05, 0.1) is 13.1 Å². The number of amides is 2. The van der Waals surface area contributed by atoms with Crippen LogP contribution in [-0.2, 0) is 11.8 Å². The molecule has 3 heterocycles. The lowest BCUT2D eigenvalue weighted by molar-refractivity contribution is -0.391. The van der Waals surface area contributed by atoms with Crippen LogP contribution in [0.1, 0.15) is 36.2 Å². The average molecular weight is 363 g/mol. The highest BCUT2D eigenvalue weighted by molar-refractivity contribution is 5.93. The van der Waals surface area contributed by atoms with Crippen molar-refractivity contribution >= 4 is 17.6 Å². The highest BCUT2D eigenvalue weighted by Gasteiger charge is 2.30. The van der Waals surface area contributed by atoms with Gasteiger partial charge in [-0.15, -0.1) is 0 Å². The number of hydrogen-bond donors (Lipinski definition) is 2. The summed E-state index contributed by atoms with van der Waals surface area (Å²) in [5, 5.41) is 17.1. The molecule has 0 bridgehead atoms. The van der Waals surface area contributed by atoms with Crippen LogP contribution in [0, 0.1) is 16.0 Å². The normalized spacial score (nSPS) is 23.0. The van der Waals surface area contributed by atoms with Crippen LogP contribution < -0.4 is 10.6 Å². The first-order valence-electron chi connectivity index (χ1n) is 9.08. The summed E-state index contributed by atoms with van der Waals surface area (Å²) in [7, 11) is 1.53. The smallest absolute Gasteiger partial charge is 0.323 e. The van der Waals surface area contributed by atoms with Crippen LogP contribution in [0.15, 0.2) is 12.1 Å². The number of carbonyl (C=O) groups excluding carboxylic acids is 2. The molecule has 3 rings (SSSR count). The van der Waals surface area contributed by atoms with Crippen molar-refractivity contribution in [3.05, 3.63) is 27.9 Å². The van der Waals surface area contributed by atoms with Gasteiger partial charge in [0.2, 0.25) is 5.91 Å². The zero-order valence-electron chi connectivity index (χ0n) is 14.9. The average Bonchev–Trinajstić information content (AvgIpc) is 3.29. The molecular formula is C17H25N5O4. The van der Waals surface area contributed by atoms with Gasteiger partial charge in [0.15, 0.2) is 5.69 Å². The molecule has 2 N–H and O–H groups in total. The van der Waals surface area contributed by atoms with Crippen molar-refractivity contribution in [1.82, 2.24) is 20.1 Å². The van der Waals surface area contributed by atoms with E-state index >= 15 is 0 Å². The quantitative estimate of drug-likeness (QED) is 0.590. The number of hydrogen-bond acceptors (Lipinski definition) is 5. The molecule has 0 spiro atoms. The molecule has 142 valence electrons. The second-order valence-corrected chi connectivity index (χ2v) is 7.05. The molecule has 0 saturated carbocycles. The number of nitro groups is 1. The summed E-state index contributed by atoms with van der Waals surface area (Å²) >= 11 is 0. The van der Waals surface area contributed by atoms with E-state index in [9.17, 15) is 19.7 Å². The second kappa shape index (κ2) is 7.86. The number of nitrogens with zero attached hydrogens (tertiary/aromatic N) is 3. The van der Waals surface area contributed by atoms with E-state index < -0.39 is 4.92 Å². The third-order valence-corrected chi connectivity index (χ3v) is 5.25. The van der Waals surface area contributed by atoms with E-state index in [2.05, 4.69) is 10.6 Å². The van der Waals surface area contributed by atoms with Gasteiger partial charge in [-0.1, -0.05) is 0 Å². The van der Waals surface area contributed by atoms with Crippen molar-refractivity contribution in [2.45, 2.75) is 31.7 Å². The lowest BCUT2D eigenvalue weighted by Gasteiger charge is -2.32. The number of aromatic nitrogens is 1. The van der Waals surface area contributed by atoms with E-state index in [0.717, 1.165) is 32.2 Å². The topological polar surface area (TPSA) is 110 Å². The number of nitrogens with one attached hydrogen (secondary N) is 2. The number of likely N-dealkylation sites (tertiary alicyclic amines) is 1. The zero-order chi connectivity index (χ0) is 18.7. The lowest BCUT2D eigenvalue weighted by Crippen LogP contribution is -2.47. The summed E-state index contributed by atoms with van der Waals surface area (Å²) in [6.45, 7) is 2.61. The largest absolute Gasteiger partial charge is 0.358 e. The molecule has 26 heavy (non-hydrogen) atoms. The van der Waals surface area contributed by atoms with Crippen molar-refractivity contribution in [3.63, 3.8) is 0 Å². The van der Waals surface area contributed by atoms with Crippen molar-refractivity contribution in [2.75, 3.05) is 26.2 Å². The number of carbonyl (C=O) groups is 2. The fourth-order valence-corrected chi connectivity index (χ4v) is 3.75. The summed E-state index contributed by atoms with van der Waals surface area (Å²) in [5.74, 6) is -0.0651. The van der Waals surface area contributed by atoms with E-state index in [1.807, 2.05) is 0 Å². The van der Waals surface area contributed by atoms with Gasteiger partial charge in [-0.3, -0.25) is 9.59 Å². The Labute approximate surface area is 151 Å². The van der Waals surface area contributed by atoms with Crippen LogP contribution in [0.25, 0.3) is 0 Å². The Balaban J connectivity index is 1.56. The van der Waals surface area contributed by atoms with Crippen molar-refractivity contribution in [3.8, 4) is 0 Å². The molecular weight excluding hydrogens is 338 g/mol. The molecule has 2 aliphatic rings.